The highest BCUT2D eigenvalue weighted by atomic mass is 16.6. The van der Waals surface area contributed by atoms with Crippen molar-refractivity contribution in [2.45, 2.75) is 25.5 Å². The molecule has 1 aliphatic rings. The van der Waals surface area contributed by atoms with Crippen molar-refractivity contribution in [3.8, 4) is 0 Å². The molecule has 3 N–H and O–H groups in total. The molecule has 2 atom stereocenters. The van der Waals surface area contributed by atoms with E-state index in [2.05, 4.69) is 0 Å². The summed E-state index contributed by atoms with van der Waals surface area (Å²) < 4.78 is 4.70. The largest absolute Gasteiger partial charge is 0.465 e. The third-order valence-corrected chi connectivity index (χ3v) is 2.06. The second kappa shape index (κ2) is 3.51. The van der Waals surface area contributed by atoms with E-state index in [1.165, 1.54) is 4.90 Å². The molecule has 1 aliphatic heterocycles. The number of nitrogens with zero attached hydrogens (tertiary/aromatic N) is 1. The van der Waals surface area contributed by atoms with E-state index >= 15 is 0 Å². The lowest BCUT2D eigenvalue weighted by atomic mass is 10.2. The number of carbonyl (C=O) groups is 2. The van der Waals surface area contributed by atoms with E-state index in [-0.39, 0.29) is 12.6 Å². The van der Waals surface area contributed by atoms with Gasteiger partial charge in [-0.05, 0) is 6.92 Å². The molecule has 0 spiro atoms. The van der Waals surface area contributed by atoms with Crippen LogP contribution in [0.5, 0.6) is 0 Å². The molecule has 0 saturated carbocycles. The fourth-order valence-electron chi connectivity index (χ4n) is 1.50. The Bertz CT molecular complexity index is 231. The smallest absolute Gasteiger partial charge is 0.407 e. The fourth-order valence-corrected chi connectivity index (χ4v) is 1.50. The Morgan fingerprint density at radius 3 is 2.62 bits per heavy atom. The second-order valence-electron chi connectivity index (χ2n) is 3.08. The maximum Gasteiger partial charge on any atom is 0.407 e. The standard InChI is InChI=1S/C7H12N2O4/c1-4-2-5(13-6(8)10)3-9(4)7(11)12/h4-5H,2-3H2,1H3,(H2,8,10)(H,11,12)/t4-,5-/m1/s1. The summed E-state index contributed by atoms with van der Waals surface area (Å²) in [4.78, 5) is 22.2. The van der Waals surface area contributed by atoms with Crippen LogP contribution in [-0.4, -0.2) is 40.9 Å². The first-order valence-electron chi connectivity index (χ1n) is 3.96. The minimum atomic E-state index is -0.997. The molecule has 1 fully saturated rings. The summed E-state index contributed by atoms with van der Waals surface area (Å²) >= 11 is 0. The maximum atomic E-state index is 10.6. The average Bonchev–Trinajstić information content (AvgIpc) is 2.29. The summed E-state index contributed by atoms with van der Waals surface area (Å²) in [7, 11) is 0. The Kier molecular flexibility index (Phi) is 2.60. The molecule has 1 saturated heterocycles. The van der Waals surface area contributed by atoms with Crippen molar-refractivity contribution in [1.82, 2.24) is 4.90 Å². The number of amides is 2. The third-order valence-electron chi connectivity index (χ3n) is 2.06. The molecule has 0 unspecified atom stereocenters. The summed E-state index contributed by atoms with van der Waals surface area (Å²) in [5.74, 6) is 0. The lowest BCUT2D eigenvalue weighted by Crippen LogP contribution is -2.33. The van der Waals surface area contributed by atoms with Gasteiger partial charge in [0.05, 0.1) is 6.54 Å². The van der Waals surface area contributed by atoms with E-state index in [0.717, 1.165) is 0 Å². The van der Waals surface area contributed by atoms with Crippen LogP contribution in [0, 0.1) is 0 Å². The van der Waals surface area contributed by atoms with Gasteiger partial charge >= 0.3 is 12.2 Å². The molecular formula is C7H12N2O4. The monoisotopic (exact) mass is 188 g/mol. The van der Waals surface area contributed by atoms with Gasteiger partial charge in [0.15, 0.2) is 0 Å². The topological polar surface area (TPSA) is 92.9 Å². The maximum absolute atomic E-state index is 10.6. The second-order valence-corrected chi connectivity index (χ2v) is 3.08. The summed E-state index contributed by atoms with van der Waals surface area (Å²) in [6, 6.07) is -0.123. The number of carboxylic acid groups (broad SMARTS) is 1. The van der Waals surface area contributed by atoms with Gasteiger partial charge in [0.25, 0.3) is 0 Å². The lowest BCUT2D eigenvalue weighted by Gasteiger charge is -2.15. The zero-order valence-electron chi connectivity index (χ0n) is 7.27. The van der Waals surface area contributed by atoms with Crippen LogP contribution in [0.25, 0.3) is 0 Å². The Morgan fingerprint density at radius 1 is 1.62 bits per heavy atom. The number of carbonyl (C=O) groups excluding carboxylic acids is 1. The summed E-state index contributed by atoms with van der Waals surface area (Å²) in [5, 5.41) is 8.69. The van der Waals surface area contributed by atoms with Gasteiger partial charge in [-0.2, -0.15) is 0 Å². The van der Waals surface area contributed by atoms with E-state index in [0.29, 0.717) is 6.42 Å². The molecule has 0 aliphatic carbocycles. The predicted molar refractivity (Wildman–Crippen MR) is 43.3 cm³/mol. The van der Waals surface area contributed by atoms with Gasteiger partial charge in [-0.3, -0.25) is 0 Å². The highest BCUT2D eigenvalue weighted by molar-refractivity contribution is 5.67. The summed E-state index contributed by atoms with van der Waals surface area (Å²) in [6.07, 6.45) is -1.74. The number of primary amides is 1. The van der Waals surface area contributed by atoms with Crippen LogP contribution >= 0.6 is 0 Å². The summed E-state index contributed by atoms with van der Waals surface area (Å²) in [6.45, 7) is 1.97. The minimum Gasteiger partial charge on any atom is -0.465 e. The van der Waals surface area contributed by atoms with Crippen molar-refractivity contribution in [1.29, 1.82) is 0 Å². The Labute approximate surface area is 75.3 Å². The molecule has 0 bridgehead atoms. The van der Waals surface area contributed by atoms with E-state index < -0.39 is 18.3 Å². The van der Waals surface area contributed by atoms with E-state index in [1.54, 1.807) is 6.92 Å². The lowest BCUT2D eigenvalue weighted by molar-refractivity contribution is 0.105. The quantitative estimate of drug-likeness (QED) is 0.615. The highest BCUT2D eigenvalue weighted by Gasteiger charge is 2.34. The van der Waals surface area contributed by atoms with Crippen LogP contribution in [-0.2, 0) is 4.74 Å². The average molecular weight is 188 g/mol. The first-order chi connectivity index (χ1) is 6.00. The van der Waals surface area contributed by atoms with Crippen molar-refractivity contribution >= 4 is 12.2 Å². The van der Waals surface area contributed by atoms with Crippen molar-refractivity contribution in [2.75, 3.05) is 6.54 Å². The molecule has 13 heavy (non-hydrogen) atoms. The molecule has 0 aromatic heterocycles. The van der Waals surface area contributed by atoms with Gasteiger partial charge in [-0.1, -0.05) is 0 Å². The predicted octanol–water partition coefficient (Wildman–Crippen LogP) is 0.223. The van der Waals surface area contributed by atoms with Gasteiger partial charge in [0.1, 0.15) is 6.10 Å². The summed E-state index contributed by atoms with van der Waals surface area (Å²) in [5.41, 5.74) is 4.81. The molecule has 0 radical (unpaired) electrons. The Balaban J connectivity index is 2.50. The van der Waals surface area contributed by atoms with Crippen LogP contribution < -0.4 is 5.73 Å². The van der Waals surface area contributed by atoms with Crippen LogP contribution in [0.1, 0.15) is 13.3 Å². The van der Waals surface area contributed by atoms with E-state index in [9.17, 15) is 9.59 Å². The molecule has 1 heterocycles. The first-order valence-corrected chi connectivity index (χ1v) is 3.96. The molecule has 74 valence electrons. The Hall–Kier alpha value is -1.46. The van der Waals surface area contributed by atoms with Crippen molar-refractivity contribution in [3.05, 3.63) is 0 Å². The van der Waals surface area contributed by atoms with Crippen molar-refractivity contribution < 1.29 is 19.4 Å². The zero-order chi connectivity index (χ0) is 10.0. The SMILES string of the molecule is C[C@@H]1C[C@@H](OC(N)=O)CN1C(=O)O. The number of likely N-dealkylation sites (tertiary alicyclic amines) is 1. The number of hydrogen-bond donors (Lipinski definition) is 2. The zero-order valence-corrected chi connectivity index (χ0v) is 7.27. The number of ether oxygens (including phenoxy) is 1. The van der Waals surface area contributed by atoms with Crippen LogP contribution in [0.15, 0.2) is 0 Å². The molecular weight excluding hydrogens is 176 g/mol. The molecule has 2 amide bonds. The molecule has 6 heteroatoms. The van der Waals surface area contributed by atoms with Crippen molar-refractivity contribution in [3.63, 3.8) is 0 Å². The molecule has 1 rings (SSSR count). The van der Waals surface area contributed by atoms with Crippen LogP contribution in [0.3, 0.4) is 0 Å². The van der Waals surface area contributed by atoms with E-state index in [4.69, 9.17) is 15.6 Å². The van der Waals surface area contributed by atoms with E-state index in [1.807, 2.05) is 0 Å². The highest BCUT2D eigenvalue weighted by Crippen LogP contribution is 2.19. The molecule has 6 nitrogen and oxygen atoms in total. The van der Waals surface area contributed by atoms with Gasteiger partial charge in [0.2, 0.25) is 0 Å². The van der Waals surface area contributed by atoms with Gasteiger partial charge in [-0.25, -0.2) is 9.59 Å². The van der Waals surface area contributed by atoms with Crippen LogP contribution in [0.4, 0.5) is 9.59 Å². The van der Waals surface area contributed by atoms with Crippen LogP contribution in [0.2, 0.25) is 0 Å². The van der Waals surface area contributed by atoms with Crippen molar-refractivity contribution in [2.24, 2.45) is 5.73 Å². The van der Waals surface area contributed by atoms with Gasteiger partial charge in [0, 0.05) is 12.5 Å². The fraction of sp³-hybridized carbons (Fsp3) is 0.714. The number of rotatable bonds is 1. The normalized spacial score (nSPS) is 27.3. The molecule has 0 aromatic carbocycles. The minimum absolute atomic E-state index is 0.123. The third kappa shape index (κ3) is 2.24. The Morgan fingerprint density at radius 2 is 2.23 bits per heavy atom. The first kappa shape index (κ1) is 9.63. The van der Waals surface area contributed by atoms with Gasteiger partial charge in [-0.15, -0.1) is 0 Å². The number of nitrogens with two attached hydrogens (primary N) is 1. The number of hydrogen-bond acceptors (Lipinski definition) is 3. The van der Waals surface area contributed by atoms with Gasteiger partial charge < -0.3 is 20.5 Å². The molecule has 0 aromatic rings.